The molecule has 0 amide bonds. The van der Waals surface area contributed by atoms with Gasteiger partial charge in [0.25, 0.3) is 30.9 Å². The molecule has 1 aromatic rings. The zero-order valence-corrected chi connectivity index (χ0v) is 40.6. The van der Waals surface area contributed by atoms with E-state index in [1.165, 1.54) is 13.8 Å². The summed E-state index contributed by atoms with van der Waals surface area (Å²) in [5.41, 5.74) is -1.70. The van der Waals surface area contributed by atoms with Crippen molar-refractivity contribution in [1.29, 1.82) is 0 Å². The van der Waals surface area contributed by atoms with E-state index in [1.54, 1.807) is 13.8 Å². The molecule has 0 aliphatic heterocycles. The van der Waals surface area contributed by atoms with Gasteiger partial charge in [-0.25, -0.2) is 0 Å². The molecule has 3 rings (SSSR count). The Kier molecular flexibility index (Phi) is 21.1. The standard InChI is InChI=1S/C43H74O12P2S2/c1-10-42(8,52-34(6)58(47,48)54-39-25-19-23-37(29-39)32(3)4)56(45)27-17-12-13-18-28-57(46)43(9,11-2)53-35(7)59(49,50)55-40-26-20-24-38(30-40)33(5)41(44)51-31-36-21-15-14-16-22-36/h14-16,21-22,32-35,37-40H,10-13,17-20,23-31H2,1-9H3/q+2. The quantitative estimate of drug-likeness (QED) is 0.0374. The van der Waals surface area contributed by atoms with Gasteiger partial charge in [0.1, 0.15) is 18.9 Å². The second-order valence-electron chi connectivity index (χ2n) is 17.4. The number of rotatable bonds is 26. The summed E-state index contributed by atoms with van der Waals surface area (Å²) in [7, 11) is -12.1. The number of carbonyl (C=O) groups excluding carboxylic acids is 1. The van der Waals surface area contributed by atoms with Crippen LogP contribution in [-0.4, -0.2) is 68.9 Å². The molecule has 2 aliphatic rings. The molecule has 2 aliphatic carbocycles. The fraction of sp³-hybridized carbons (Fsp3) is 0.837. The fourth-order valence-electron chi connectivity index (χ4n) is 7.99. The summed E-state index contributed by atoms with van der Waals surface area (Å²) in [6, 6.07) is 9.45. The van der Waals surface area contributed by atoms with Crippen LogP contribution in [0.2, 0.25) is 0 Å². The number of esters is 1. The number of carbonyl (C=O) groups is 1. The van der Waals surface area contributed by atoms with E-state index < -0.39 is 69.4 Å². The zero-order chi connectivity index (χ0) is 44.0. The third-order valence-electron chi connectivity index (χ3n) is 12.6. The van der Waals surface area contributed by atoms with Crippen molar-refractivity contribution >= 4 is 41.8 Å². The highest BCUT2D eigenvalue weighted by molar-refractivity contribution is 7.87. The summed E-state index contributed by atoms with van der Waals surface area (Å²) in [6.45, 7) is 16.2. The van der Waals surface area contributed by atoms with Crippen LogP contribution in [0.25, 0.3) is 0 Å². The lowest BCUT2D eigenvalue weighted by atomic mass is 9.79. The molecule has 2 fully saturated rings. The first-order valence-electron chi connectivity index (χ1n) is 22.0. The van der Waals surface area contributed by atoms with Gasteiger partial charge in [0.2, 0.25) is 0 Å². The van der Waals surface area contributed by atoms with Crippen molar-refractivity contribution in [3.63, 3.8) is 0 Å². The summed E-state index contributed by atoms with van der Waals surface area (Å²) in [6.07, 6.45) is 9.01. The van der Waals surface area contributed by atoms with Crippen LogP contribution in [-0.2, 0) is 63.3 Å². The van der Waals surface area contributed by atoms with Crippen LogP contribution >= 0.6 is 15.6 Å². The van der Waals surface area contributed by atoms with E-state index in [-0.39, 0.29) is 24.6 Å². The lowest BCUT2D eigenvalue weighted by Gasteiger charge is -2.32. The molecular formula is C43H74O12P2S2+2. The minimum atomic E-state index is -4.18. The minimum Gasteiger partial charge on any atom is -0.461 e. The van der Waals surface area contributed by atoms with E-state index in [4.69, 9.17) is 22.6 Å². The molecule has 0 N–H and O–H groups in total. The topological polar surface area (TPSA) is 166 Å². The first-order valence-corrected chi connectivity index (χ1v) is 27.8. The fourth-order valence-corrected chi connectivity index (χ4v) is 13.4. The lowest BCUT2D eigenvalue weighted by Crippen LogP contribution is -2.38. The first kappa shape index (κ1) is 52.0. The first-order chi connectivity index (χ1) is 27.7. The summed E-state index contributed by atoms with van der Waals surface area (Å²) in [5.74, 6) is 0.0770. The average molecular weight is 909 g/mol. The van der Waals surface area contributed by atoms with Crippen molar-refractivity contribution in [3.8, 4) is 0 Å². The van der Waals surface area contributed by atoms with Crippen LogP contribution in [0.3, 0.4) is 0 Å². The van der Waals surface area contributed by atoms with Crippen molar-refractivity contribution in [2.75, 3.05) is 12.3 Å². The van der Waals surface area contributed by atoms with Crippen molar-refractivity contribution in [1.82, 2.24) is 0 Å². The summed E-state index contributed by atoms with van der Waals surface area (Å²) < 4.78 is 109. The van der Waals surface area contributed by atoms with Crippen molar-refractivity contribution in [2.45, 2.75) is 193 Å². The molecule has 0 spiro atoms. The van der Waals surface area contributed by atoms with Gasteiger partial charge < -0.3 is 14.2 Å². The Morgan fingerprint density at radius 2 is 1.14 bits per heavy atom. The van der Waals surface area contributed by atoms with Gasteiger partial charge in [-0.1, -0.05) is 93.3 Å². The monoisotopic (exact) mass is 908 g/mol. The summed E-state index contributed by atoms with van der Waals surface area (Å²) in [4.78, 5) is 12.8. The van der Waals surface area contributed by atoms with Crippen LogP contribution in [0, 0.1) is 23.7 Å². The van der Waals surface area contributed by atoms with Crippen LogP contribution in [0.4, 0.5) is 0 Å². The second-order valence-corrected chi connectivity index (χ2v) is 25.4. The Bertz CT molecular complexity index is 1710. The molecule has 0 saturated heterocycles. The van der Waals surface area contributed by atoms with E-state index in [0.29, 0.717) is 75.5 Å². The maximum atomic E-state index is 13.6. The predicted molar refractivity (Wildman–Crippen MR) is 234 cm³/mol. The summed E-state index contributed by atoms with van der Waals surface area (Å²) >= 11 is 0. The van der Waals surface area contributed by atoms with E-state index in [1.807, 2.05) is 51.1 Å². The molecule has 338 valence electrons. The van der Waals surface area contributed by atoms with Gasteiger partial charge in [0.05, 0.1) is 18.1 Å². The average Bonchev–Trinajstić information content (AvgIpc) is 3.20. The number of hydrogen-bond acceptors (Lipinski definition) is 12. The Balaban J connectivity index is 1.41. The molecule has 0 bridgehead atoms. The highest BCUT2D eigenvalue weighted by Crippen LogP contribution is 2.47. The smallest absolute Gasteiger partial charge is 0.373 e. The Morgan fingerprint density at radius 3 is 1.58 bits per heavy atom. The molecule has 2 saturated carbocycles. The molecule has 0 radical (unpaired) electrons. The highest BCUT2D eigenvalue weighted by Gasteiger charge is 2.49. The number of ether oxygens (including phenoxy) is 3. The Labute approximate surface area is 358 Å². The molecule has 59 heavy (non-hydrogen) atoms. The van der Waals surface area contributed by atoms with E-state index in [0.717, 1.165) is 44.1 Å². The molecule has 1 aromatic carbocycles. The van der Waals surface area contributed by atoms with Crippen LogP contribution in [0.15, 0.2) is 30.3 Å². The van der Waals surface area contributed by atoms with E-state index in [2.05, 4.69) is 13.8 Å². The molecule has 0 aromatic heterocycles. The zero-order valence-electron chi connectivity index (χ0n) is 37.1. The van der Waals surface area contributed by atoms with Gasteiger partial charge in [0, 0.05) is 26.7 Å². The largest absolute Gasteiger partial charge is 0.461 e. The van der Waals surface area contributed by atoms with Crippen molar-refractivity contribution in [3.05, 3.63) is 35.9 Å². The predicted octanol–water partition coefficient (Wildman–Crippen LogP) is 11.0. The van der Waals surface area contributed by atoms with Gasteiger partial charge in [0.15, 0.2) is 10.9 Å². The maximum Gasteiger partial charge on any atom is 0.373 e. The number of hydrogen-bond donors (Lipinski definition) is 0. The van der Waals surface area contributed by atoms with E-state index >= 15 is 0 Å². The summed E-state index contributed by atoms with van der Waals surface area (Å²) in [5, 5.41) is -2.31. The maximum absolute atomic E-state index is 13.6. The number of unbranched alkanes of at least 4 members (excludes halogenated alkanes) is 3. The Hall–Kier alpha value is -1.37. The molecule has 11 atom stereocenters. The van der Waals surface area contributed by atoms with Gasteiger partial charge in [-0.3, -0.25) is 13.2 Å². The SMILES string of the molecule is CCC(C)(OC(C)S(=O)(=O)OC1CCCC(C(C)C)C1)[P+](=O)CCCCCC[P+](=O)C(C)(CC)OC(C)S(=O)(=O)OC1CCCC(C(C)C(=O)OCc2ccccc2)C1. The minimum absolute atomic E-state index is 0.0829. The third-order valence-corrected chi connectivity index (χ3v) is 19.9. The second kappa shape index (κ2) is 23.9. The van der Waals surface area contributed by atoms with E-state index in [9.17, 15) is 30.8 Å². The molecular weight excluding hydrogens is 835 g/mol. The number of benzene rings is 1. The normalized spacial score (nSPS) is 24.6. The molecule has 12 nitrogen and oxygen atoms in total. The van der Waals surface area contributed by atoms with Crippen LogP contribution in [0.5, 0.6) is 0 Å². The third kappa shape index (κ3) is 16.0. The van der Waals surface area contributed by atoms with Gasteiger partial charge in [-0.2, -0.15) is 16.8 Å². The van der Waals surface area contributed by atoms with Gasteiger partial charge in [-0.05, 0) is 95.0 Å². The lowest BCUT2D eigenvalue weighted by molar-refractivity contribution is -0.152. The van der Waals surface area contributed by atoms with Crippen molar-refractivity contribution in [2.24, 2.45) is 23.7 Å². The van der Waals surface area contributed by atoms with Gasteiger partial charge >= 0.3 is 21.6 Å². The molecule has 11 unspecified atom stereocenters. The highest BCUT2D eigenvalue weighted by atomic mass is 32.2. The van der Waals surface area contributed by atoms with Crippen molar-refractivity contribution < 1.29 is 53.3 Å². The molecule has 16 heteroatoms. The van der Waals surface area contributed by atoms with Crippen LogP contribution < -0.4 is 0 Å². The molecule has 0 heterocycles. The van der Waals surface area contributed by atoms with Gasteiger partial charge in [-0.15, -0.1) is 0 Å². The van der Waals surface area contributed by atoms with Crippen LogP contribution in [0.1, 0.15) is 158 Å². The Morgan fingerprint density at radius 1 is 0.695 bits per heavy atom.